The van der Waals surface area contributed by atoms with Gasteiger partial charge in [0, 0.05) is 11.1 Å². The first-order chi connectivity index (χ1) is 13.1. The lowest BCUT2D eigenvalue weighted by atomic mass is 10.1. The lowest BCUT2D eigenvalue weighted by Crippen LogP contribution is -2.13. The van der Waals surface area contributed by atoms with E-state index >= 15 is 0 Å². The van der Waals surface area contributed by atoms with Gasteiger partial charge in [0.2, 0.25) is 5.89 Å². The number of hydrogen-bond donors (Lipinski definition) is 1. The van der Waals surface area contributed by atoms with E-state index in [4.69, 9.17) is 9.15 Å². The van der Waals surface area contributed by atoms with E-state index in [0.717, 1.165) is 0 Å². The van der Waals surface area contributed by atoms with Crippen LogP contribution in [0.1, 0.15) is 15.9 Å². The molecule has 2 aromatic carbocycles. The highest BCUT2D eigenvalue weighted by Gasteiger charge is 2.15. The number of hydrogen-bond acceptors (Lipinski definition) is 6. The molecule has 27 heavy (non-hydrogen) atoms. The molecule has 0 atom stereocenters. The van der Waals surface area contributed by atoms with Crippen molar-refractivity contribution < 1.29 is 23.5 Å². The molecule has 0 fully saturated rings. The number of para-hydroxylation sites is 1. The first-order valence-corrected chi connectivity index (χ1v) is 8.16. The topological polar surface area (TPSA) is 90.7 Å². The van der Waals surface area contributed by atoms with Gasteiger partial charge in [-0.15, -0.1) is 0 Å². The summed E-state index contributed by atoms with van der Waals surface area (Å²) < 4.78 is 15.3. The van der Waals surface area contributed by atoms with Crippen LogP contribution in [0.3, 0.4) is 0 Å². The summed E-state index contributed by atoms with van der Waals surface area (Å²) in [7, 11) is 2.80. The van der Waals surface area contributed by atoms with Crippen molar-refractivity contribution in [3.63, 3.8) is 0 Å². The molecule has 0 aliphatic carbocycles. The second-order valence-electron chi connectivity index (χ2n) is 5.62. The van der Waals surface area contributed by atoms with Crippen LogP contribution in [0.2, 0.25) is 0 Å². The Labute approximate surface area is 155 Å². The Bertz CT molecular complexity index is 951. The molecule has 0 radical (unpaired) electrons. The Hall–Kier alpha value is -3.61. The lowest BCUT2D eigenvalue weighted by molar-refractivity contribution is -0.139. The fourth-order valence-corrected chi connectivity index (χ4v) is 2.59. The quantitative estimate of drug-likeness (QED) is 0.673. The molecule has 0 aliphatic rings. The molecule has 1 heterocycles. The second-order valence-corrected chi connectivity index (χ2v) is 5.62. The molecule has 0 bridgehead atoms. The monoisotopic (exact) mass is 366 g/mol. The normalized spacial score (nSPS) is 10.3. The molecule has 0 aliphatic heterocycles. The summed E-state index contributed by atoms with van der Waals surface area (Å²) in [4.78, 5) is 28.3. The van der Waals surface area contributed by atoms with Crippen LogP contribution >= 0.6 is 0 Å². The van der Waals surface area contributed by atoms with Crippen molar-refractivity contribution >= 4 is 17.6 Å². The molecular weight excluding hydrogens is 348 g/mol. The molecule has 0 unspecified atom stereocenters. The zero-order valence-corrected chi connectivity index (χ0v) is 14.9. The van der Waals surface area contributed by atoms with Gasteiger partial charge in [0.1, 0.15) is 12.0 Å². The van der Waals surface area contributed by atoms with E-state index in [1.54, 1.807) is 30.5 Å². The van der Waals surface area contributed by atoms with Gasteiger partial charge >= 0.3 is 5.97 Å². The summed E-state index contributed by atoms with van der Waals surface area (Å²) in [6.07, 6.45) is 3.08. The molecule has 1 amide bonds. The number of aromatic nitrogens is 1. The van der Waals surface area contributed by atoms with Crippen LogP contribution in [0.25, 0.3) is 11.5 Å². The summed E-state index contributed by atoms with van der Waals surface area (Å²) in [6.45, 7) is 0. The Morgan fingerprint density at radius 2 is 1.96 bits per heavy atom. The van der Waals surface area contributed by atoms with Crippen LogP contribution < -0.4 is 10.1 Å². The zero-order valence-electron chi connectivity index (χ0n) is 14.9. The van der Waals surface area contributed by atoms with Crippen LogP contribution in [0.15, 0.2) is 59.3 Å². The minimum absolute atomic E-state index is 0.0641. The summed E-state index contributed by atoms with van der Waals surface area (Å²) in [6, 6.07) is 12.1. The third-order valence-electron chi connectivity index (χ3n) is 3.95. The Balaban J connectivity index is 1.84. The van der Waals surface area contributed by atoms with Crippen LogP contribution in [0.4, 0.5) is 5.69 Å². The number of methoxy groups -OCH3 is 2. The van der Waals surface area contributed by atoms with Gasteiger partial charge in [-0.2, -0.15) is 0 Å². The van der Waals surface area contributed by atoms with Crippen LogP contribution in [-0.2, 0) is 16.0 Å². The lowest BCUT2D eigenvalue weighted by Gasteiger charge is -2.12. The Kier molecular flexibility index (Phi) is 5.51. The van der Waals surface area contributed by atoms with Gasteiger partial charge in [-0.1, -0.05) is 18.2 Å². The largest absolute Gasteiger partial charge is 0.496 e. The Morgan fingerprint density at radius 1 is 1.15 bits per heavy atom. The third-order valence-corrected chi connectivity index (χ3v) is 3.95. The predicted octanol–water partition coefficient (Wildman–Crippen LogP) is 3.32. The molecule has 3 rings (SSSR count). The number of ether oxygens (including phenoxy) is 2. The van der Waals surface area contributed by atoms with Gasteiger partial charge < -0.3 is 19.2 Å². The molecule has 7 heteroatoms. The summed E-state index contributed by atoms with van der Waals surface area (Å²) >= 11 is 0. The summed E-state index contributed by atoms with van der Waals surface area (Å²) in [5.41, 5.74) is 2.27. The van der Waals surface area contributed by atoms with E-state index in [2.05, 4.69) is 15.0 Å². The number of nitrogens with one attached hydrogen (secondary N) is 1. The molecule has 138 valence electrons. The Morgan fingerprint density at radius 3 is 2.67 bits per heavy atom. The van der Waals surface area contributed by atoms with E-state index in [9.17, 15) is 9.59 Å². The SMILES string of the molecule is COC(=O)Cc1ccc(C(=O)Nc2ccccc2-c2ncco2)cc1OC. The van der Waals surface area contributed by atoms with Gasteiger partial charge in [0.25, 0.3) is 5.91 Å². The van der Waals surface area contributed by atoms with E-state index in [1.807, 2.05) is 18.2 Å². The van der Waals surface area contributed by atoms with Crippen LogP contribution in [0, 0.1) is 0 Å². The fourth-order valence-electron chi connectivity index (χ4n) is 2.59. The highest BCUT2D eigenvalue weighted by Crippen LogP contribution is 2.27. The number of carbonyl (C=O) groups excluding carboxylic acids is 2. The number of amides is 1. The maximum atomic E-state index is 12.7. The average molecular weight is 366 g/mol. The average Bonchev–Trinajstić information content (AvgIpc) is 3.23. The molecule has 1 aromatic heterocycles. The zero-order chi connectivity index (χ0) is 19.2. The van der Waals surface area contributed by atoms with Gasteiger partial charge in [0.15, 0.2) is 0 Å². The van der Waals surface area contributed by atoms with Crippen molar-refractivity contribution in [2.75, 3.05) is 19.5 Å². The number of benzene rings is 2. The summed E-state index contributed by atoms with van der Waals surface area (Å²) in [5, 5.41) is 2.85. The highest BCUT2D eigenvalue weighted by molar-refractivity contribution is 6.06. The third kappa shape index (κ3) is 4.14. The van der Waals surface area contributed by atoms with Crippen LogP contribution in [0.5, 0.6) is 5.75 Å². The van der Waals surface area contributed by atoms with Crippen LogP contribution in [-0.4, -0.2) is 31.1 Å². The van der Waals surface area contributed by atoms with Gasteiger partial charge in [0.05, 0.1) is 38.1 Å². The smallest absolute Gasteiger partial charge is 0.310 e. The van der Waals surface area contributed by atoms with Crippen molar-refractivity contribution in [2.24, 2.45) is 0 Å². The van der Waals surface area contributed by atoms with Crippen molar-refractivity contribution in [3.05, 3.63) is 66.1 Å². The van der Waals surface area contributed by atoms with E-state index < -0.39 is 0 Å². The van der Waals surface area contributed by atoms with Gasteiger partial charge in [-0.3, -0.25) is 9.59 Å². The maximum absolute atomic E-state index is 12.7. The second kappa shape index (κ2) is 8.18. The van der Waals surface area contributed by atoms with Crippen molar-refractivity contribution in [2.45, 2.75) is 6.42 Å². The van der Waals surface area contributed by atoms with Gasteiger partial charge in [-0.25, -0.2) is 4.98 Å². The number of esters is 1. The first kappa shape index (κ1) is 18.2. The molecule has 7 nitrogen and oxygen atoms in total. The van der Waals surface area contributed by atoms with E-state index in [1.165, 1.54) is 20.5 Å². The van der Waals surface area contributed by atoms with Crippen molar-refractivity contribution in [1.29, 1.82) is 0 Å². The van der Waals surface area contributed by atoms with Crippen molar-refractivity contribution in [3.8, 4) is 17.2 Å². The number of anilines is 1. The molecule has 1 N–H and O–H groups in total. The molecule has 0 spiro atoms. The minimum atomic E-state index is -0.384. The molecule has 3 aromatic rings. The fraction of sp³-hybridized carbons (Fsp3) is 0.150. The molecule has 0 saturated carbocycles. The summed E-state index contributed by atoms with van der Waals surface area (Å²) in [5.74, 6) is 0.147. The first-order valence-electron chi connectivity index (χ1n) is 8.16. The minimum Gasteiger partial charge on any atom is -0.496 e. The highest BCUT2D eigenvalue weighted by atomic mass is 16.5. The number of rotatable bonds is 6. The van der Waals surface area contributed by atoms with E-state index in [-0.39, 0.29) is 18.3 Å². The maximum Gasteiger partial charge on any atom is 0.310 e. The van der Waals surface area contributed by atoms with Gasteiger partial charge in [-0.05, 0) is 24.3 Å². The molecule has 0 saturated heterocycles. The molecular formula is C20H18N2O5. The standard InChI is InChI=1S/C20H18N2O5/c1-25-17-11-14(8-7-13(17)12-18(23)26-2)19(24)22-16-6-4-3-5-15(16)20-21-9-10-27-20/h3-11H,12H2,1-2H3,(H,22,24). The number of nitrogens with zero attached hydrogens (tertiary/aromatic N) is 1. The van der Waals surface area contributed by atoms with E-state index in [0.29, 0.717) is 34.0 Å². The van der Waals surface area contributed by atoms with Crippen molar-refractivity contribution in [1.82, 2.24) is 4.98 Å². The number of carbonyl (C=O) groups is 2. The predicted molar refractivity (Wildman–Crippen MR) is 98.6 cm³/mol. The number of oxazole rings is 1.